The van der Waals surface area contributed by atoms with Crippen LogP contribution in [0.4, 0.5) is 0 Å². The molecule has 0 aliphatic carbocycles. The number of carbonyl (C=O) groups excluding carboxylic acids is 2. The Morgan fingerprint density at radius 2 is 0.382 bits per heavy atom. The van der Waals surface area contributed by atoms with Gasteiger partial charge >= 0.3 is 11.9 Å². The largest absolute Gasteiger partial charge is 0.466 e. The lowest BCUT2D eigenvalue weighted by Crippen LogP contribution is -2.05. The number of hydrogen-bond donors (Lipinski definition) is 0. The molecule has 0 rings (SSSR count). The molecule has 0 atom stereocenters. The SMILES string of the molecule is CC(C)CCCCCCCCCCCCCCCOC(=O)CCCCCCCCCCCCCCC(C)C.CCCCCCCCCCCCCCCCCCOC(=O)CCCCCCCCCCCCCCCCC. The first-order valence-corrected chi connectivity index (χ1v) is 35.6. The number of esters is 2. The highest BCUT2D eigenvalue weighted by atomic mass is 16.5. The molecule has 0 aromatic carbocycles. The van der Waals surface area contributed by atoms with Crippen molar-refractivity contribution < 1.29 is 19.1 Å². The van der Waals surface area contributed by atoms with Crippen LogP contribution in [-0.4, -0.2) is 25.2 Å². The van der Waals surface area contributed by atoms with E-state index in [9.17, 15) is 9.59 Å². The molecule has 0 radical (unpaired) electrons. The van der Waals surface area contributed by atoms with Crippen LogP contribution in [0.5, 0.6) is 0 Å². The first kappa shape index (κ1) is 77.0. The second kappa shape index (κ2) is 70.0. The molecule has 456 valence electrons. The molecule has 0 N–H and O–H groups in total. The molecule has 4 nitrogen and oxygen atoms in total. The van der Waals surface area contributed by atoms with E-state index in [4.69, 9.17) is 9.47 Å². The number of carbonyl (C=O) groups is 2. The quantitative estimate of drug-likeness (QED) is 0.0450. The van der Waals surface area contributed by atoms with E-state index in [1.54, 1.807) is 0 Å². The van der Waals surface area contributed by atoms with E-state index in [0.29, 0.717) is 26.1 Å². The van der Waals surface area contributed by atoms with Gasteiger partial charge in [-0.3, -0.25) is 9.59 Å². The molecule has 0 amide bonds. The average molecular weight is 1070 g/mol. The van der Waals surface area contributed by atoms with Crippen LogP contribution in [0.25, 0.3) is 0 Å². The van der Waals surface area contributed by atoms with Crippen LogP contribution in [0, 0.1) is 11.8 Å². The Balaban J connectivity index is 0. The Kier molecular flexibility index (Phi) is 71.0. The first-order chi connectivity index (χ1) is 37.3. The highest BCUT2D eigenvalue weighted by Gasteiger charge is 2.05. The summed E-state index contributed by atoms with van der Waals surface area (Å²) in [5.41, 5.74) is 0. The zero-order valence-electron chi connectivity index (χ0n) is 53.6. The topological polar surface area (TPSA) is 52.6 Å². The highest BCUT2D eigenvalue weighted by molar-refractivity contribution is 5.69. The van der Waals surface area contributed by atoms with Gasteiger partial charge in [0.05, 0.1) is 13.2 Å². The lowest BCUT2D eigenvalue weighted by Gasteiger charge is -2.06. The Bertz CT molecular complexity index is 1050. The van der Waals surface area contributed by atoms with Gasteiger partial charge in [0.1, 0.15) is 0 Å². The van der Waals surface area contributed by atoms with Gasteiger partial charge in [0.25, 0.3) is 0 Å². The van der Waals surface area contributed by atoms with Crippen molar-refractivity contribution in [3.63, 3.8) is 0 Å². The second-order valence-corrected chi connectivity index (χ2v) is 25.4. The standard InChI is InChI=1S/2C36H72O2/c1-34(2)30-26-22-18-14-10-6-5-9-13-17-21-25-29-33-38-36(37)32-28-24-20-16-12-8-7-11-15-19-23-27-31-35(3)4;1-3-5-7-9-11-13-15-17-19-21-23-25-27-29-31-33-35-38-36(37)34-32-30-28-26-24-22-20-18-16-14-12-10-8-6-4-2/h34-35H,5-33H2,1-4H3;3-35H2,1-2H3. The van der Waals surface area contributed by atoms with E-state index in [1.807, 2.05) is 0 Å². The maximum atomic E-state index is 11.9. The maximum absolute atomic E-state index is 11.9. The lowest BCUT2D eigenvalue weighted by molar-refractivity contribution is -0.144. The Hall–Kier alpha value is -1.06. The van der Waals surface area contributed by atoms with Gasteiger partial charge in [0.2, 0.25) is 0 Å². The molecular formula is C72H144O4. The van der Waals surface area contributed by atoms with E-state index in [1.165, 1.54) is 347 Å². The predicted molar refractivity (Wildman–Crippen MR) is 340 cm³/mol. The van der Waals surface area contributed by atoms with Crippen molar-refractivity contribution in [1.29, 1.82) is 0 Å². The molecule has 0 heterocycles. The molecule has 0 fully saturated rings. The maximum Gasteiger partial charge on any atom is 0.305 e. The zero-order valence-corrected chi connectivity index (χ0v) is 53.6. The summed E-state index contributed by atoms with van der Waals surface area (Å²) in [5, 5.41) is 0. The van der Waals surface area contributed by atoms with Gasteiger partial charge in [-0.15, -0.1) is 0 Å². The van der Waals surface area contributed by atoms with Crippen molar-refractivity contribution in [1.82, 2.24) is 0 Å². The normalized spacial score (nSPS) is 11.5. The molecule has 0 saturated carbocycles. The lowest BCUT2D eigenvalue weighted by atomic mass is 10.0. The van der Waals surface area contributed by atoms with Crippen molar-refractivity contribution in [3.05, 3.63) is 0 Å². The van der Waals surface area contributed by atoms with E-state index < -0.39 is 0 Å². The smallest absolute Gasteiger partial charge is 0.305 e. The third-order valence-electron chi connectivity index (χ3n) is 16.3. The fourth-order valence-electron chi connectivity index (χ4n) is 11.0. The van der Waals surface area contributed by atoms with Gasteiger partial charge in [0.15, 0.2) is 0 Å². The molecule has 0 unspecified atom stereocenters. The molecule has 0 aromatic heterocycles. The minimum atomic E-state index is 0.0262. The van der Waals surface area contributed by atoms with Crippen LogP contribution >= 0.6 is 0 Å². The Labute approximate surface area is 480 Å². The summed E-state index contributed by atoms with van der Waals surface area (Å²) < 4.78 is 10.9. The van der Waals surface area contributed by atoms with Crippen LogP contribution in [0.15, 0.2) is 0 Å². The van der Waals surface area contributed by atoms with E-state index in [0.717, 1.165) is 37.5 Å². The molecule has 0 bridgehead atoms. The summed E-state index contributed by atoms with van der Waals surface area (Å²) in [4.78, 5) is 23.8. The number of rotatable bonds is 64. The van der Waals surface area contributed by atoms with Gasteiger partial charge in [-0.2, -0.15) is 0 Å². The Morgan fingerprint density at radius 3 is 0.566 bits per heavy atom. The minimum Gasteiger partial charge on any atom is -0.466 e. The van der Waals surface area contributed by atoms with E-state index in [-0.39, 0.29) is 11.9 Å². The molecular weight excluding hydrogens is 929 g/mol. The highest BCUT2D eigenvalue weighted by Crippen LogP contribution is 2.19. The summed E-state index contributed by atoms with van der Waals surface area (Å²) in [6, 6.07) is 0. The van der Waals surface area contributed by atoms with Crippen LogP contribution in [0.2, 0.25) is 0 Å². The molecule has 0 spiro atoms. The van der Waals surface area contributed by atoms with Gasteiger partial charge < -0.3 is 9.47 Å². The predicted octanol–water partition coefficient (Wildman–Crippen LogP) is 25.8. The van der Waals surface area contributed by atoms with Gasteiger partial charge in [0, 0.05) is 12.8 Å². The number of hydrogen-bond acceptors (Lipinski definition) is 4. The summed E-state index contributed by atoms with van der Waals surface area (Å²) in [5.74, 6) is 1.80. The third-order valence-corrected chi connectivity index (χ3v) is 16.3. The summed E-state index contributed by atoms with van der Waals surface area (Å²) in [6.45, 7) is 15.2. The van der Waals surface area contributed by atoms with E-state index >= 15 is 0 Å². The fourth-order valence-corrected chi connectivity index (χ4v) is 11.0. The molecule has 0 saturated heterocycles. The molecule has 4 heteroatoms. The zero-order chi connectivity index (χ0) is 55.6. The van der Waals surface area contributed by atoms with Crippen LogP contribution < -0.4 is 0 Å². The van der Waals surface area contributed by atoms with Gasteiger partial charge in [-0.1, -0.05) is 388 Å². The molecule has 0 aromatic rings. The summed E-state index contributed by atoms with van der Waals surface area (Å²) >= 11 is 0. The van der Waals surface area contributed by atoms with Crippen molar-refractivity contribution in [2.75, 3.05) is 13.2 Å². The van der Waals surface area contributed by atoms with Crippen molar-refractivity contribution in [2.45, 2.75) is 427 Å². The monoisotopic (exact) mass is 1070 g/mol. The Morgan fingerprint density at radius 1 is 0.224 bits per heavy atom. The molecule has 0 aliphatic rings. The number of ether oxygens (including phenoxy) is 2. The van der Waals surface area contributed by atoms with E-state index in [2.05, 4.69) is 41.5 Å². The molecule has 0 aliphatic heterocycles. The average Bonchev–Trinajstić information content (AvgIpc) is 3.40. The second-order valence-electron chi connectivity index (χ2n) is 25.4. The summed E-state index contributed by atoms with van der Waals surface area (Å²) in [6.07, 6.45) is 80.3. The van der Waals surface area contributed by atoms with Gasteiger partial charge in [-0.05, 0) is 37.5 Å². The van der Waals surface area contributed by atoms with Crippen LogP contribution in [-0.2, 0) is 19.1 Å². The number of unbranched alkanes of at least 4 members (excludes halogenated alkanes) is 52. The van der Waals surface area contributed by atoms with Crippen LogP contribution in [0.3, 0.4) is 0 Å². The molecule has 76 heavy (non-hydrogen) atoms. The first-order valence-electron chi connectivity index (χ1n) is 35.6. The minimum absolute atomic E-state index is 0.0262. The van der Waals surface area contributed by atoms with Crippen molar-refractivity contribution >= 4 is 11.9 Å². The third kappa shape index (κ3) is 75.0. The van der Waals surface area contributed by atoms with Crippen molar-refractivity contribution in [2.24, 2.45) is 11.8 Å². The van der Waals surface area contributed by atoms with Crippen molar-refractivity contribution in [3.8, 4) is 0 Å². The van der Waals surface area contributed by atoms with Crippen LogP contribution in [0.1, 0.15) is 427 Å². The van der Waals surface area contributed by atoms with Gasteiger partial charge in [-0.25, -0.2) is 0 Å². The summed E-state index contributed by atoms with van der Waals surface area (Å²) in [7, 11) is 0. The fraction of sp³-hybridized carbons (Fsp3) is 0.972.